The first kappa shape index (κ1) is 14.0. The van der Waals surface area contributed by atoms with Crippen molar-refractivity contribution in [3.05, 3.63) is 30.3 Å². The first-order valence-electron chi connectivity index (χ1n) is 6.19. The maximum absolute atomic E-state index is 5.65. The molecule has 0 heterocycles. The molecule has 1 atom stereocenters. The van der Waals surface area contributed by atoms with Crippen LogP contribution < -0.4 is 10.1 Å². The van der Waals surface area contributed by atoms with Gasteiger partial charge in [-0.1, -0.05) is 18.2 Å². The highest BCUT2D eigenvalue weighted by Crippen LogP contribution is 2.09. The molecule has 17 heavy (non-hydrogen) atoms. The molecular formula is C14H23NO2. The third kappa shape index (κ3) is 6.29. The Morgan fingerprint density at radius 1 is 1.18 bits per heavy atom. The molecule has 0 aliphatic carbocycles. The van der Waals surface area contributed by atoms with E-state index in [1.165, 1.54) is 0 Å². The Hall–Kier alpha value is -1.06. The van der Waals surface area contributed by atoms with Crippen molar-refractivity contribution in [3.63, 3.8) is 0 Å². The second-order valence-corrected chi connectivity index (χ2v) is 4.32. The summed E-state index contributed by atoms with van der Waals surface area (Å²) in [5, 5.41) is 3.24. The van der Waals surface area contributed by atoms with Crippen LogP contribution in [0.3, 0.4) is 0 Å². The highest BCUT2D eigenvalue weighted by molar-refractivity contribution is 5.20. The maximum Gasteiger partial charge on any atom is 0.119 e. The molecule has 0 aromatic heterocycles. The van der Waals surface area contributed by atoms with E-state index in [2.05, 4.69) is 5.32 Å². The minimum absolute atomic E-state index is 0.279. The summed E-state index contributed by atoms with van der Waals surface area (Å²) in [6.45, 7) is 5.53. The van der Waals surface area contributed by atoms with Crippen LogP contribution in [0, 0.1) is 0 Å². The molecule has 0 saturated carbocycles. The summed E-state index contributed by atoms with van der Waals surface area (Å²) in [5.74, 6) is 0.923. The summed E-state index contributed by atoms with van der Waals surface area (Å²) in [5.41, 5.74) is 0. The van der Waals surface area contributed by atoms with E-state index in [1.54, 1.807) is 0 Å². The molecule has 1 N–H and O–H groups in total. The van der Waals surface area contributed by atoms with Gasteiger partial charge in [0.25, 0.3) is 0 Å². The first-order valence-corrected chi connectivity index (χ1v) is 6.19. The summed E-state index contributed by atoms with van der Waals surface area (Å²) in [7, 11) is 1.96. The Morgan fingerprint density at radius 2 is 1.88 bits per heavy atom. The summed E-state index contributed by atoms with van der Waals surface area (Å²) < 4.78 is 11.2. The van der Waals surface area contributed by atoms with Crippen LogP contribution in [-0.2, 0) is 4.74 Å². The zero-order chi connectivity index (χ0) is 12.5. The maximum atomic E-state index is 5.65. The van der Waals surface area contributed by atoms with Crippen molar-refractivity contribution in [3.8, 4) is 5.75 Å². The van der Waals surface area contributed by atoms with Crippen LogP contribution in [0.5, 0.6) is 5.75 Å². The second-order valence-electron chi connectivity index (χ2n) is 4.32. The van der Waals surface area contributed by atoms with E-state index in [9.17, 15) is 0 Å². The third-order valence-corrected chi connectivity index (χ3v) is 2.52. The fourth-order valence-electron chi connectivity index (χ4n) is 1.46. The number of hydrogen-bond donors (Lipinski definition) is 1. The minimum Gasteiger partial charge on any atom is -0.494 e. The molecule has 96 valence electrons. The number of likely N-dealkylation sites (N-methyl/N-ethyl adjacent to an activating group) is 1. The molecule has 1 aromatic rings. The number of ether oxygens (including phenoxy) is 2. The highest BCUT2D eigenvalue weighted by atomic mass is 16.5. The second kappa shape index (κ2) is 8.09. The summed E-state index contributed by atoms with van der Waals surface area (Å²) in [6, 6.07) is 10.2. The Bertz CT molecular complexity index is 288. The van der Waals surface area contributed by atoms with Crippen molar-refractivity contribution in [1.82, 2.24) is 5.32 Å². The lowest BCUT2D eigenvalue weighted by Crippen LogP contribution is -2.33. The van der Waals surface area contributed by atoms with Crippen LogP contribution in [0.1, 0.15) is 20.3 Å². The predicted molar refractivity (Wildman–Crippen MR) is 70.5 cm³/mol. The fourth-order valence-corrected chi connectivity index (χ4v) is 1.46. The molecule has 0 bridgehead atoms. The number of benzene rings is 1. The molecule has 3 nitrogen and oxygen atoms in total. The van der Waals surface area contributed by atoms with Gasteiger partial charge in [-0.2, -0.15) is 0 Å². The van der Waals surface area contributed by atoms with E-state index in [0.717, 1.165) is 18.8 Å². The molecule has 1 aromatic carbocycles. The molecule has 0 aliphatic heterocycles. The standard InChI is InChI=1S/C14H23NO2/c1-12(2)17-11-13(15-3)9-10-16-14-7-5-4-6-8-14/h4-8,12-13,15H,9-11H2,1-3H3. The van der Waals surface area contributed by atoms with Gasteiger partial charge in [0, 0.05) is 6.04 Å². The van der Waals surface area contributed by atoms with Crippen molar-refractivity contribution in [2.75, 3.05) is 20.3 Å². The average Bonchev–Trinajstić information content (AvgIpc) is 2.34. The normalized spacial score (nSPS) is 12.7. The van der Waals surface area contributed by atoms with Crippen molar-refractivity contribution in [2.45, 2.75) is 32.4 Å². The van der Waals surface area contributed by atoms with Gasteiger partial charge in [-0.15, -0.1) is 0 Å². The highest BCUT2D eigenvalue weighted by Gasteiger charge is 2.07. The molecule has 0 spiro atoms. The van der Waals surface area contributed by atoms with E-state index in [1.807, 2.05) is 51.2 Å². The molecule has 1 rings (SSSR count). The van der Waals surface area contributed by atoms with Crippen LogP contribution in [0.2, 0.25) is 0 Å². The monoisotopic (exact) mass is 237 g/mol. The Balaban J connectivity index is 2.19. The molecule has 3 heteroatoms. The Morgan fingerprint density at radius 3 is 2.47 bits per heavy atom. The molecule has 0 amide bonds. The van der Waals surface area contributed by atoms with Gasteiger partial charge in [-0.05, 0) is 39.4 Å². The van der Waals surface area contributed by atoms with Gasteiger partial charge >= 0.3 is 0 Å². The molecule has 0 fully saturated rings. The summed E-state index contributed by atoms with van der Waals surface area (Å²) in [6.07, 6.45) is 1.22. The molecule has 0 aliphatic rings. The smallest absolute Gasteiger partial charge is 0.119 e. The van der Waals surface area contributed by atoms with Crippen molar-refractivity contribution in [2.24, 2.45) is 0 Å². The zero-order valence-corrected chi connectivity index (χ0v) is 11.0. The summed E-state index contributed by atoms with van der Waals surface area (Å²) in [4.78, 5) is 0. The van der Waals surface area contributed by atoms with Gasteiger partial charge in [-0.3, -0.25) is 0 Å². The van der Waals surface area contributed by atoms with E-state index < -0.39 is 0 Å². The third-order valence-electron chi connectivity index (χ3n) is 2.52. The van der Waals surface area contributed by atoms with Crippen LogP contribution >= 0.6 is 0 Å². The summed E-state index contributed by atoms with van der Waals surface area (Å²) >= 11 is 0. The lowest BCUT2D eigenvalue weighted by Gasteiger charge is -2.18. The molecule has 0 saturated heterocycles. The molecule has 0 radical (unpaired) electrons. The molecule has 1 unspecified atom stereocenters. The van der Waals surface area contributed by atoms with Crippen molar-refractivity contribution in [1.29, 1.82) is 0 Å². The van der Waals surface area contributed by atoms with E-state index in [4.69, 9.17) is 9.47 Å². The van der Waals surface area contributed by atoms with Gasteiger partial charge in [-0.25, -0.2) is 0 Å². The van der Waals surface area contributed by atoms with Crippen LogP contribution in [0.15, 0.2) is 30.3 Å². The van der Waals surface area contributed by atoms with Gasteiger partial charge in [0.15, 0.2) is 0 Å². The van der Waals surface area contributed by atoms with E-state index in [0.29, 0.717) is 12.6 Å². The average molecular weight is 237 g/mol. The number of nitrogens with one attached hydrogen (secondary N) is 1. The van der Waals surface area contributed by atoms with Gasteiger partial charge in [0.2, 0.25) is 0 Å². The number of para-hydroxylation sites is 1. The predicted octanol–water partition coefficient (Wildman–Crippen LogP) is 2.47. The minimum atomic E-state index is 0.279. The number of hydrogen-bond acceptors (Lipinski definition) is 3. The SMILES string of the molecule is CNC(CCOc1ccccc1)COC(C)C. The van der Waals surface area contributed by atoms with Crippen molar-refractivity contribution < 1.29 is 9.47 Å². The molecular weight excluding hydrogens is 214 g/mol. The topological polar surface area (TPSA) is 30.5 Å². The largest absolute Gasteiger partial charge is 0.494 e. The van der Waals surface area contributed by atoms with Gasteiger partial charge in [0.1, 0.15) is 5.75 Å². The quantitative estimate of drug-likeness (QED) is 0.753. The van der Waals surface area contributed by atoms with Gasteiger partial charge < -0.3 is 14.8 Å². The number of rotatable bonds is 8. The van der Waals surface area contributed by atoms with Crippen LogP contribution in [0.4, 0.5) is 0 Å². The lowest BCUT2D eigenvalue weighted by molar-refractivity contribution is 0.0581. The van der Waals surface area contributed by atoms with Gasteiger partial charge in [0.05, 0.1) is 19.3 Å². The van der Waals surface area contributed by atoms with Crippen LogP contribution in [0.25, 0.3) is 0 Å². The Labute approximate surface area is 104 Å². The Kier molecular flexibility index (Phi) is 6.67. The lowest BCUT2D eigenvalue weighted by atomic mass is 10.2. The first-order chi connectivity index (χ1) is 8.22. The zero-order valence-electron chi connectivity index (χ0n) is 11.0. The van der Waals surface area contributed by atoms with Crippen molar-refractivity contribution >= 4 is 0 Å². The van der Waals surface area contributed by atoms with Crippen LogP contribution in [-0.4, -0.2) is 32.4 Å². The van der Waals surface area contributed by atoms with E-state index in [-0.39, 0.29) is 6.10 Å². The fraction of sp³-hybridized carbons (Fsp3) is 0.571. The van der Waals surface area contributed by atoms with E-state index >= 15 is 0 Å².